The van der Waals surface area contributed by atoms with Gasteiger partial charge in [-0.05, 0) is 37.2 Å². The van der Waals surface area contributed by atoms with Crippen molar-refractivity contribution < 1.29 is 18.0 Å². The number of benzene rings is 1. The second kappa shape index (κ2) is 6.60. The SMILES string of the molecule is CN1CC[C@@H](NC(=O)c2ccncc2F)[C@@H]1c1ccc(F)c(F)c1. The molecule has 0 aliphatic carbocycles. The van der Waals surface area contributed by atoms with Crippen molar-refractivity contribution in [3.8, 4) is 0 Å². The van der Waals surface area contributed by atoms with E-state index in [1.54, 1.807) is 0 Å². The van der Waals surface area contributed by atoms with Crippen molar-refractivity contribution in [1.29, 1.82) is 0 Å². The highest BCUT2D eigenvalue weighted by Crippen LogP contribution is 2.32. The lowest BCUT2D eigenvalue weighted by atomic mass is 9.99. The number of carbonyl (C=O) groups is 1. The van der Waals surface area contributed by atoms with Crippen LogP contribution in [0.5, 0.6) is 0 Å². The van der Waals surface area contributed by atoms with Gasteiger partial charge in [0, 0.05) is 12.7 Å². The highest BCUT2D eigenvalue weighted by atomic mass is 19.2. The molecule has 1 amide bonds. The van der Waals surface area contributed by atoms with Gasteiger partial charge < -0.3 is 5.32 Å². The van der Waals surface area contributed by atoms with Gasteiger partial charge in [-0.15, -0.1) is 0 Å². The Morgan fingerprint density at radius 3 is 2.71 bits per heavy atom. The van der Waals surface area contributed by atoms with Crippen LogP contribution in [0, 0.1) is 17.5 Å². The average molecular weight is 335 g/mol. The fraction of sp³-hybridized carbons (Fsp3) is 0.294. The summed E-state index contributed by atoms with van der Waals surface area (Å²) in [6.45, 7) is 0.674. The second-order valence-corrected chi connectivity index (χ2v) is 5.82. The van der Waals surface area contributed by atoms with Crippen molar-refractivity contribution in [2.75, 3.05) is 13.6 Å². The van der Waals surface area contributed by atoms with E-state index in [-0.39, 0.29) is 17.6 Å². The molecular weight excluding hydrogens is 319 g/mol. The number of nitrogens with zero attached hydrogens (tertiary/aromatic N) is 2. The number of hydrogen-bond donors (Lipinski definition) is 1. The van der Waals surface area contributed by atoms with Crippen LogP contribution in [0.15, 0.2) is 36.7 Å². The van der Waals surface area contributed by atoms with E-state index in [1.807, 2.05) is 11.9 Å². The molecule has 7 heteroatoms. The summed E-state index contributed by atoms with van der Waals surface area (Å²) in [7, 11) is 1.84. The molecule has 24 heavy (non-hydrogen) atoms. The molecule has 1 fully saturated rings. The molecule has 1 saturated heterocycles. The Labute approximate surface area is 137 Å². The first-order chi connectivity index (χ1) is 11.5. The lowest BCUT2D eigenvalue weighted by molar-refractivity contribution is 0.0923. The number of carbonyl (C=O) groups excluding carboxylic acids is 1. The van der Waals surface area contributed by atoms with E-state index in [0.29, 0.717) is 18.5 Å². The third kappa shape index (κ3) is 3.12. The number of pyridine rings is 1. The normalized spacial score (nSPS) is 21.0. The first-order valence-electron chi connectivity index (χ1n) is 7.53. The number of hydrogen-bond acceptors (Lipinski definition) is 3. The van der Waals surface area contributed by atoms with Crippen LogP contribution in [-0.2, 0) is 0 Å². The van der Waals surface area contributed by atoms with Crippen molar-refractivity contribution in [2.45, 2.75) is 18.5 Å². The maximum Gasteiger partial charge on any atom is 0.254 e. The molecular formula is C17H16F3N3O. The summed E-state index contributed by atoms with van der Waals surface area (Å²) in [5, 5.41) is 2.78. The van der Waals surface area contributed by atoms with Crippen LogP contribution in [0.4, 0.5) is 13.2 Å². The summed E-state index contributed by atoms with van der Waals surface area (Å²) < 4.78 is 40.4. The smallest absolute Gasteiger partial charge is 0.254 e. The third-order valence-electron chi connectivity index (χ3n) is 4.27. The van der Waals surface area contributed by atoms with Crippen LogP contribution < -0.4 is 5.32 Å². The van der Waals surface area contributed by atoms with Crippen molar-refractivity contribution in [3.05, 3.63) is 65.2 Å². The fourth-order valence-corrected chi connectivity index (χ4v) is 3.09. The maximum absolute atomic E-state index is 13.7. The van der Waals surface area contributed by atoms with E-state index >= 15 is 0 Å². The lowest BCUT2D eigenvalue weighted by Crippen LogP contribution is -2.39. The monoisotopic (exact) mass is 335 g/mol. The molecule has 2 atom stereocenters. The summed E-state index contributed by atoms with van der Waals surface area (Å²) in [5.41, 5.74) is 0.470. The molecule has 0 radical (unpaired) electrons. The van der Waals surface area contributed by atoms with Crippen LogP contribution in [0.1, 0.15) is 28.4 Å². The minimum absolute atomic E-state index is 0.0939. The summed E-state index contributed by atoms with van der Waals surface area (Å²) in [6, 6.07) is 4.35. The van der Waals surface area contributed by atoms with Crippen LogP contribution in [0.2, 0.25) is 0 Å². The van der Waals surface area contributed by atoms with Crippen molar-refractivity contribution >= 4 is 5.91 Å². The Bertz CT molecular complexity index is 768. The summed E-state index contributed by atoms with van der Waals surface area (Å²) >= 11 is 0. The number of aromatic nitrogens is 1. The third-order valence-corrected chi connectivity index (χ3v) is 4.27. The van der Waals surface area contributed by atoms with Crippen LogP contribution >= 0.6 is 0 Å². The van der Waals surface area contributed by atoms with Crippen molar-refractivity contribution in [1.82, 2.24) is 15.2 Å². The predicted molar refractivity (Wildman–Crippen MR) is 81.8 cm³/mol. The Hall–Kier alpha value is -2.41. The van der Waals surface area contributed by atoms with Gasteiger partial charge in [0.1, 0.15) is 0 Å². The van der Waals surface area contributed by atoms with Crippen LogP contribution in [-0.4, -0.2) is 35.4 Å². The largest absolute Gasteiger partial charge is 0.347 e. The second-order valence-electron chi connectivity index (χ2n) is 5.82. The first-order valence-corrected chi connectivity index (χ1v) is 7.53. The van der Waals surface area contributed by atoms with Crippen LogP contribution in [0.3, 0.4) is 0 Å². The number of likely N-dealkylation sites (N-methyl/N-ethyl adjacent to an activating group) is 1. The minimum Gasteiger partial charge on any atom is -0.347 e. The maximum atomic E-state index is 13.7. The van der Waals surface area contributed by atoms with Gasteiger partial charge in [-0.25, -0.2) is 13.2 Å². The van der Waals surface area contributed by atoms with E-state index in [2.05, 4.69) is 10.3 Å². The molecule has 1 aliphatic heterocycles. The van der Waals surface area contributed by atoms with Gasteiger partial charge in [0.25, 0.3) is 5.91 Å². The molecule has 0 spiro atoms. The molecule has 1 aliphatic rings. The van der Waals surface area contributed by atoms with Gasteiger partial charge in [0.2, 0.25) is 0 Å². The van der Waals surface area contributed by atoms with Gasteiger partial charge in [-0.1, -0.05) is 6.07 Å². The average Bonchev–Trinajstić information content (AvgIpc) is 2.91. The zero-order valence-corrected chi connectivity index (χ0v) is 13.0. The molecule has 1 N–H and O–H groups in total. The molecule has 1 aromatic heterocycles. The summed E-state index contributed by atoms with van der Waals surface area (Å²) in [6.07, 6.45) is 2.94. The van der Waals surface area contributed by atoms with Gasteiger partial charge >= 0.3 is 0 Å². The van der Waals surface area contributed by atoms with Crippen molar-refractivity contribution in [3.63, 3.8) is 0 Å². The van der Waals surface area contributed by atoms with Crippen LogP contribution in [0.25, 0.3) is 0 Å². The quantitative estimate of drug-likeness (QED) is 0.938. The van der Waals surface area contributed by atoms with E-state index in [9.17, 15) is 18.0 Å². The molecule has 2 heterocycles. The molecule has 0 unspecified atom stereocenters. The Balaban J connectivity index is 1.83. The Morgan fingerprint density at radius 2 is 2.00 bits per heavy atom. The van der Waals surface area contributed by atoms with Gasteiger partial charge in [-0.2, -0.15) is 0 Å². The molecule has 3 rings (SSSR count). The summed E-state index contributed by atoms with van der Waals surface area (Å²) in [4.78, 5) is 17.9. The topological polar surface area (TPSA) is 45.2 Å². The van der Waals surface area contributed by atoms with E-state index < -0.39 is 23.4 Å². The molecule has 4 nitrogen and oxygen atoms in total. The van der Waals surface area contributed by atoms with Gasteiger partial charge in [-0.3, -0.25) is 14.7 Å². The number of halogens is 3. The highest BCUT2D eigenvalue weighted by Gasteiger charge is 2.35. The molecule has 126 valence electrons. The van der Waals surface area contributed by atoms with Gasteiger partial charge in [0.05, 0.1) is 23.8 Å². The predicted octanol–water partition coefficient (Wildman–Crippen LogP) is 2.67. The summed E-state index contributed by atoms with van der Waals surface area (Å²) in [5.74, 6) is -3.11. The highest BCUT2D eigenvalue weighted by molar-refractivity contribution is 5.94. The fourth-order valence-electron chi connectivity index (χ4n) is 3.09. The zero-order valence-electron chi connectivity index (χ0n) is 13.0. The number of rotatable bonds is 3. The van der Waals surface area contributed by atoms with Gasteiger partial charge in [0.15, 0.2) is 17.5 Å². The number of likely N-dealkylation sites (tertiary alicyclic amines) is 1. The minimum atomic E-state index is -0.932. The zero-order chi connectivity index (χ0) is 17.3. The lowest BCUT2D eigenvalue weighted by Gasteiger charge is -2.26. The van der Waals surface area contributed by atoms with E-state index in [4.69, 9.17) is 0 Å². The molecule has 0 bridgehead atoms. The molecule has 2 aromatic rings. The number of nitrogens with one attached hydrogen (secondary N) is 1. The number of amides is 1. The first kappa shape index (κ1) is 16.4. The molecule has 0 saturated carbocycles. The van der Waals surface area contributed by atoms with Crippen molar-refractivity contribution in [2.24, 2.45) is 0 Å². The standard InChI is InChI=1S/C17H16F3N3O/c1-23-7-5-15(16(23)10-2-3-12(18)13(19)8-10)22-17(24)11-4-6-21-9-14(11)20/h2-4,6,8-9,15-16H,5,7H2,1H3,(H,22,24)/t15-,16+/m1/s1. The Morgan fingerprint density at radius 1 is 1.21 bits per heavy atom. The Kier molecular flexibility index (Phi) is 4.53. The van der Waals surface area contributed by atoms with E-state index in [0.717, 1.165) is 18.3 Å². The van der Waals surface area contributed by atoms with E-state index in [1.165, 1.54) is 18.3 Å². The molecule has 1 aromatic carbocycles.